The molecule has 2 aromatic rings. The van der Waals surface area contributed by atoms with Gasteiger partial charge in [0, 0.05) is 13.1 Å². The SMILES string of the molecule is COC(=O)C1CCN(C(=O)CN(C)C(c2ccccc2)c2ccccc2)CC1. The van der Waals surface area contributed by atoms with Gasteiger partial charge in [0.05, 0.1) is 25.6 Å². The lowest BCUT2D eigenvalue weighted by molar-refractivity contribution is -0.149. The van der Waals surface area contributed by atoms with Crippen LogP contribution in [0.2, 0.25) is 0 Å². The molecule has 0 unspecified atom stereocenters. The summed E-state index contributed by atoms with van der Waals surface area (Å²) in [5.74, 6) is -0.159. The number of nitrogens with zero attached hydrogens (tertiary/aromatic N) is 2. The molecule has 0 aliphatic carbocycles. The van der Waals surface area contributed by atoms with E-state index in [4.69, 9.17) is 4.74 Å². The normalized spacial score (nSPS) is 15.1. The molecule has 0 radical (unpaired) electrons. The third-order valence-corrected chi connectivity index (χ3v) is 5.44. The summed E-state index contributed by atoms with van der Waals surface area (Å²) < 4.78 is 4.83. The average Bonchev–Trinajstić information content (AvgIpc) is 2.75. The van der Waals surface area contributed by atoms with Crippen molar-refractivity contribution in [2.24, 2.45) is 5.92 Å². The number of benzene rings is 2. The maximum Gasteiger partial charge on any atom is 0.308 e. The molecule has 1 fully saturated rings. The molecular weight excluding hydrogens is 352 g/mol. The minimum atomic E-state index is -0.169. The highest BCUT2D eigenvalue weighted by Crippen LogP contribution is 2.27. The van der Waals surface area contributed by atoms with Gasteiger partial charge in [-0.1, -0.05) is 60.7 Å². The highest BCUT2D eigenvalue weighted by Gasteiger charge is 2.29. The van der Waals surface area contributed by atoms with E-state index in [1.54, 1.807) is 0 Å². The lowest BCUT2D eigenvalue weighted by atomic mass is 9.96. The number of ether oxygens (including phenoxy) is 1. The van der Waals surface area contributed by atoms with Crippen molar-refractivity contribution in [3.05, 3.63) is 71.8 Å². The van der Waals surface area contributed by atoms with Crippen molar-refractivity contribution in [1.29, 1.82) is 0 Å². The Bertz CT molecular complexity index is 731. The first-order chi connectivity index (χ1) is 13.6. The average molecular weight is 380 g/mol. The summed E-state index contributed by atoms with van der Waals surface area (Å²) >= 11 is 0. The smallest absolute Gasteiger partial charge is 0.308 e. The number of hydrogen-bond donors (Lipinski definition) is 0. The van der Waals surface area contributed by atoms with Gasteiger partial charge in [0.2, 0.25) is 5.91 Å². The van der Waals surface area contributed by atoms with Gasteiger partial charge in [0.1, 0.15) is 0 Å². The van der Waals surface area contributed by atoms with Crippen molar-refractivity contribution in [3.63, 3.8) is 0 Å². The highest BCUT2D eigenvalue weighted by molar-refractivity contribution is 5.79. The minimum Gasteiger partial charge on any atom is -0.469 e. The zero-order valence-corrected chi connectivity index (χ0v) is 16.6. The summed E-state index contributed by atoms with van der Waals surface area (Å²) in [7, 11) is 3.41. The number of methoxy groups -OCH3 is 1. The van der Waals surface area contributed by atoms with E-state index in [-0.39, 0.29) is 23.8 Å². The Labute approximate surface area is 166 Å². The van der Waals surface area contributed by atoms with Gasteiger partial charge in [-0.2, -0.15) is 0 Å². The van der Waals surface area contributed by atoms with Crippen LogP contribution in [0.4, 0.5) is 0 Å². The number of carbonyl (C=O) groups excluding carboxylic acids is 2. The Morgan fingerprint density at radius 2 is 1.50 bits per heavy atom. The predicted octanol–water partition coefficient (Wildman–Crippen LogP) is 3.12. The van der Waals surface area contributed by atoms with Crippen molar-refractivity contribution in [1.82, 2.24) is 9.80 Å². The first-order valence-electron chi connectivity index (χ1n) is 9.76. The molecule has 5 heteroatoms. The Balaban J connectivity index is 1.68. The third kappa shape index (κ3) is 4.78. The summed E-state index contributed by atoms with van der Waals surface area (Å²) in [6.07, 6.45) is 1.34. The van der Waals surface area contributed by atoms with Crippen molar-refractivity contribution >= 4 is 11.9 Å². The maximum absolute atomic E-state index is 12.9. The van der Waals surface area contributed by atoms with Crippen LogP contribution in [0.3, 0.4) is 0 Å². The molecular formula is C23H28N2O3. The zero-order valence-electron chi connectivity index (χ0n) is 16.6. The molecule has 3 rings (SSSR count). The summed E-state index contributed by atoms with van der Waals surface area (Å²) in [6.45, 7) is 1.54. The molecule has 0 spiro atoms. The van der Waals surface area contributed by atoms with Gasteiger partial charge in [-0.05, 0) is 31.0 Å². The van der Waals surface area contributed by atoms with Gasteiger partial charge in [-0.25, -0.2) is 0 Å². The molecule has 1 aliphatic heterocycles. The topological polar surface area (TPSA) is 49.9 Å². The summed E-state index contributed by atoms with van der Waals surface area (Å²) in [4.78, 5) is 28.5. The molecule has 1 heterocycles. The fourth-order valence-electron chi connectivity index (χ4n) is 3.91. The molecule has 1 amide bonds. The van der Waals surface area contributed by atoms with Crippen LogP contribution in [-0.2, 0) is 14.3 Å². The quantitative estimate of drug-likeness (QED) is 0.723. The number of rotatable bonds is 6. The van der Waals surface area contributed by atoms with Crippen molar-refractivity contribution < 1.29 is 14.3 Å². The second kappa shape index (κ2) is 9.51. The van der Waals surface area contributed by atoms with Crippen molar-refractivity contribution in [3.8, 4) is 0 Å². The van der Waals surface area contributed by atoms with Crippen LogP contribution in [0.15, 0.2) is 60.7 Å². The Morgan fingerprint density at radius 3 is 1.96 bits per heavy atom. The molecule has 0 atom stereocenters. The fourth-order valence-corrected chi connectivity index (χ4v) is 3.91. The van der Waals surface area contributed by atoms with E-state index < -0.39 is 0 Å². The number of likely N-dealkylation sites (tertiary alicyclic amines) is 1. The van der Waals surface area contributed by atoms with Gasteiger partial charge in [0.15, 0.2) is 0 Å². The summed E-state index contributed by atoms with van der Waals surface area (Å²) in [6, 6.07) is 20.5. The van der Waals surface area contributed by atoms with E-state index >= 15 is 0 Å². The summed E-state index contributed by atoms with van der Waals surface area (Å²) in [5.41, 5.74) is 2.32. The second-order valence-corrected chi connectivity index (χ2v) is 7.32. The molecule has 1 aliphatic rings. The number of esters is 1. The van der Waals surface area contributed by atoms with Crippen LogP contribution >= 0.6 is 0 Å². The van der Waals surface area contributed by atoms with Gasteiger partial charge >= 0.3 is 5.97 Å². The second-order valence-electron chi connectivity index (χ2n) is 7.32. The maximum atomic E-state index is 12.9. The lowest BCUT2D eigenvalue weighted by Crippen LogP contribution is -2.45. The molecule has 0 saturated carbocycles. The molecule has 5 nitrogen and oxygen atoms in total. The van der Waals surface area contributed by atoms with E-state index in [1.165, 1.54) is 7.11 Å². The number of likely N-dealkylation sites (N-methyl/N-ethyl adjacent to an activating group) is 1. The predicted molar refractivity (Wildman–Crippen MR) is 109 cm³/mol. The van der Waals surface area contributed by atoms with E-state index in [9.17, 15) is 9.59 Å². The van der Waals surface area contributed by atoms with E-state index in [1.807, 2.05) is 48.3 Å². The van der Waals surface area contributed by atoms with E-state index in [0.29, 0.717) is 32.5 Å². The van der Waals surface area contributed by atoms with E-state index in [0.717, 1.165) is 11.1 Å². The fraction of sp³-hybridized carbons (Fsp3) is 0.391. The molecule has 148 valence electrons. The first-order valence-corrected chi connectivity index (χ1v) is 9.76. The lowest BCUT2D eigenvalue weighted by Gasteiger charge is -2.34. The Hall–Kier alpha value is -2.66. The van der Waals surface area contributed by atoms with Crippen LogP contribution in [-0.4, -0.2) is 55.5 Å². The van der Waals surface area contributed by atoms with Gasteiger partial charge in [-0.15, -0.1) is 0 Å². The standard InChI is InChI=1S/C23H28N2O3/c1-24(17-21(26)25-15-13-20(14-16-25)23(27)28-2)22(18-9-5-3-6-10-18)19-11-7-4-8-12-19/h3-12,20,22H,13-17H2,1-2H3. The summed E-state index contributed by atoms with van der Waals surface area (Å²) in [5, 5.41) is 0. The van der Waals surface area contributed by atoms with Crippen LogP contribution in [0.1, 0.15) is 30.0 Å². The van der Waals surface area contributed by atoms with Gasteiger partial charge in [-0.3, -0.25) is 14.5 Å². The van der Waals surface area contributed by atoms with Crippen molar-refractivity contribution in [2.75, 3.05) is 33.8 Å². The first kappa shape index (κ1) is 20.1. The molecule has 0 bridgehead atoms. The number of piperidine rings is 1. The largest absolute Gasteiger partial charge is 0.469 e. The Kier molecular flexibility index (Phi) is 6.82. The van der Waals surface area contributed by atoms with Crippen LogP contribution in [0, 0.1) is 5.92 Å². The highest BCUT2D eigenvalue weighted by atomic mass is 16.5. The monoisotopic (exact) mass is 380 g/mol. The van der Waals surface area contributed by atoms with Crippen LogP contribution in [0.25, 0.3) is 0 Å². The molecule has 0 N–H and O–H groups in total. The van der Waals surface area contributed by atoms with Crippen LogP contribution < -0.4 is 0 Å². The third-order valence-electron chi connectivity index (χ3n) is 5.44. The number of hydrogen-bond acceptors (Lipinski definition) is 4. The molecule has 0 aromatic heterocycles. The van der Waals surface area contributed by atoms with Gasteiger partial charge in [0.25, 0.3) is 0 Å². The molecule has 2 aromatic carbocycles. The number of amides is 1. The molecule has 1 saturated heterocycles. The van der Waals surface area contributed by atoms with E-state index in [2.05, 4.69) is 29.2 Å². The van der Waals surface area contributed by atoms with Crippen molar-refractivity contribution in [2.45, 2.75) is 18.9 Å². The number of carbonyl (C=O) groups is 2. The van der Waals surface area contributed by atoms with Crippen LogP contribution in [0.5, 0.6) is 0 Å². The molecule has 28 heavy (non-hydrogen) atoms. The van der Waals surface area contributed by atoms with Gasteiger partial charge < -0.3 is 9.64 Å². The zero-order chi connectivity index (χ0) is 19.9. The Morgan fingerprint density at radius 1 is 1.00 bits per heavy atom. The minimum absolute atomic E-state index is 0.0129.